The number of allylic oxidation sites excluding steroid dienone is 2. The molecule has 0 spiro atoms. The molecular formula is C98H120Cl2N12O7S. The summed E-state index contributed by atoms with van der Waals surface area (Å²) in [6.45, 7) is 26.7. The SMILES string of the molecule is CC(=O)C1CCC2C3CC=C4CC(OC(=O)N5c6ccc(Cl)cc6N=C(N6CCN(C)CC6)c6ccccc65)CCC4(C)C3CCC12C.CC(=O)C1CCC2C3CC=C4CC(OC(C)OC(=O)N5c6ccc(Cl)cc6N=C(N6CCN(C)CC6)c6ccccc65)CCC4(C)C3CCC12C.CN1CCN(C2=Nc3ccccc3Nc3sccc32)CC1. The third kappa shape index (κ3) is 15.4. The number of amides is 2. The van der Waals surface area contributed by atoms with Crippen LogP contribution < -0.4 is 15.1 Å². The first kappa shape index (κ1) is 82.7. The lowest BCUT2D eigenvalue weighted by molar-refractivity contribution is -0.140. The fourth-order valence-corrected chi connectivity index (χ4v) is 26.2. The van der Waals surface area contributed by atoms with Crippen molar-refractivity contribution in [3.63, 3.8) is 0 Å². The number of piperazine rings is 3. The van der Waals surface area contributed by atoms with Crippen LogP contribution in [0.2, 0.25) is 10.0 Å². The van der Waals surface area contributed by atoms with Gasteiger partial charge in [-0.2, -0.15) is 0 Å². The van der Waals surface area contributed by atoms with E-state index in [2.05, 4.69) is 131 Å². The zero-order chi connectivity index (χ0) is 83.3. The van der Waals surface area contributed by atoms with Crippen LogP contribution in [0.4, 0.5) is 60.1 Å². The van der Waals surface area contributed by atoms with Gasteiger partial charge in [-0.25, -0.2) is 34.4 Å². The summed E-state index contributed by atoms with van der Waals surface area (Å²) < 4.78 is 19.2. The van der Waals surface area contributed by atoms with E-state index in [4.69, 9.17) is 52.4 Å². The Morgan fingerprint density at radius 1 is 0.475 bits per heavy atom. The minimum atomic E-state index is -0.731. The second kappa shape index (κ2) is 33.5. The number of carbonyl (C=O) groups is 4. The molecule has 7 heterocycles. The molecule has 15 atom stereocenters. The van der Waals surface area contributed by atoms with Gasteiger partial charge in [0.1, 0.15) is 40.2 Å². The van der Waals surface area contributed by atoms with Crippen molar-refractivity contribution in [2.45, 2.75) is 170 Å². The largest absolute Gasteiger partial charge is 0.445 e. The Kier molecular flexibility index (Phi) is 23.1. The number of aliphatic imine (C=N–C) groups is 3. The smallest absolute Gasteiger partial charge is 0.421 e. The molecule has 0 radical (unpaired) electrons. The molecule has 5 aromatic carbocycles. The van der Waals surface area contributed by atoms with E-state index in [0.29, 0.717) is 79.9 Å². The molecule has 6 aromatic rings. The predicted octanol–water partition coefficient (Wildman–Crippen LogP) is 21.1. The van der Waals surface area contributed by atoms with E-state index in [1.165, 1.54) is 47.4 Å². The summed E-state index contributed by atoms with van der Waals surface area (Å²) in [6.07, 6.45) is 20.2. The number of fused-ring (bicyclic) bond motifs is 16. The maximum atomic E-state index is 14.4. The van der Waals surface area contributed by atoms with Crippen LogP contribution in [0.25, 0.3) is 0 Å². The zero-order valence-electron chi connectivity index (χ0n) is 71.8. The Bertz CT molecular complexity index is 5100. The van der Waals surface area contributed by atoms with Gasteiger partial charge in [0.05, 0.1) is 57.2 Å². The number of anilines is 6. The molecule has 0 bridgehead atoms. The van der Waals surface area contributed by atoms with Gasteiger partial charge in [-0.3, -0.25) is 9.59 Å². The number of Topliss-reactive ketones (excluding diaryl/α,β-unsaturated/α-hetero) is 2. The number of halogens is 2. The predicted molar refractivity (Wildman–Crippen MR) is 483 cm³/mol. The molecule has 6 aliphatic heterocycles. The van der Waals surface area contributed by atoms with E-state index < -0.39 is 12.4 Å². The Labute approximate surface area is 723 Å². The van der Waals surface area contributed by atoms with Crippen molar-refractivity contribution in [3.8, 4) is 0 Å². The zero-order valence-corrected chi connectivity index (χ0v) is 74.1. The first-order chi connectivity index (χ1) is 57.8. The van der Waals surface area contributed by atoms with Crippen LogP contribution in [0.3, 0.4) is 0 Å². The van der Waals surface area contributed by atoms with Gasteiger partial charge in [0.25, 0.3) is 0 Å². The molecule has 120 heavy (non-hydrogen) atoms. The van der Waals surface area contributed by atoms with Gasteiger partial charge >= 0.3 is 12.2 Å². The lowest BCUT2D eigenvalue weighted by Gasteiger charge is -2.58. The van der Waals surface area contributed by atoms with Crippen LogP contribution in [0.1, 0.15) is 168 Å². The molecule has 1 N–H and O–H groups in total. The number of nitrogens with zero attached hydrogens (tertiary/aromatic N) is 11. The molecule has 22 heteroatoms. The molecule has 15 unspecified atom stereocenters. The van der Waals surface area contributed by atoms with Gasteiger partial charge in [0.2, 0.25) is 6.29 Å². The van der Waals surface area contributed by atoms with Crippen LogP contribution in [0.5, 0.6) is 0 Å². The summed E-state index contributed by atoms with van der Waals surface area (Å²) >= 11 is 14.8. The van der Waals surface area contributed by atoms with Gasteiger partial charge in [-0.05, 0) is 280 Å². The maximum Gasteiger partial charge on any atom is 0.421 e. The average Bonchev–Trinajstić information content (AvgIpc) is 1.41. The summed E-state index contributed by atoms with van der Waals surface area (Å²) in [7, 11) is 6.46. The van der Waals surface area contributed by atoms with Crippen LogP contribution >= 0.6 is 34.5 Å². The lowest BCUT2D eigenvalue weighted by Crippen LogP contribution is -2.51. The minimum Gasteiger partial charge on any atom is -0.445 e. The summed E-state index contributed by atoms with van der Waals surface area (Å²) in [6, 6.07) is 37.5. The van der Waals surface area contributed by atoms with E-state index in [1.807, 2.05) is 99.6 Å². The number of rotatable bonds is 6. The fraction of sp³-hybridized carbons (Fsp3) is 0.541. The number of ketones is 2. The summed E-state index contributed by atoms with van der Waals surface area (Å²) in [5.41, 5.74) is 12.9. The number of hydrogen-bond donors (Lipinski definition) is 1. The van der Waals surface area contributed by atoms with Gasteiger partial charge in [0.15, 0.2) is 0 Å². The van der Waals surface area contributed by atoms with E-state index in [-0.39, 0.29) is 51.8 Å². The summed E-state index contributed by atoms with van der Waals surface area (Å²) in [5.74, 6) is 7.92. The molecule has 8 aliphatic carbocycles. The lowest BCUT2D eigenvalue weighted by atomic mass is 9.47. The number of carbonyl (C=O) groups excluding carboxylic acids is 4. The third-order valence-electron chi connectivity index (χ3n) is 31.7. The average molecular weight is 1680 g/mol. The van der Waals surface area contributed by atoms with Crippen molar-refractivity contribution in [1.29, 1.82) is 0 Å². The number of thiophene rings is 1. The maximum absolute atomic E-state index is 14.4. The highest BCUT2D eigenvalue weighted by Gasteiger charge is 2.62. The highest BCUT2D eigenvalue weighted by Crippen LogP contribution is 2.69. The topological polar surface area (TPSA) is 171 Å². The molecule has 634 valence electrons. The van der Waals surface area contributed by atoms with Crippen LogP contribution in [-0.4, -0.2) is 189 Å². The van der Waals surface area contributed by atoms with Crippen LogP contribution in [0, 0.1) is 69.0 Å². The van der Waals surface area contributed by atoms with Crippen LogP contribution in [0.15, 0.2) is 159 Å². The molecule has 9 fully saturated rings. The molecule has 1 aromatic heterocycles. The van der Waals surface area contributed by atoms with Crippen molar-refractivity contribution in [2.24, 2.45) is 84.0 Å². The quantitative estimate of drug-likeness (QED) is 0.123. The minimum absolute atomic E-state index is 0.0132. The van der Waals surface area contributed by atoms with E-state index in [9.17, 15) is 19.2 Å². The third-order valence-corrected chi connectivity index (χ3v) is 33.0. The van der Waals surface area contributed by atoms with Crippen molar-refractivity contribution in [2.75, 3.05) is 115 Å². The fourth-order valence-electron chi connectivity index (χ4n) is 25.1. The summed E-state index contributed by atoms with van der Waals surface area (Å²) in [5, 5.41) is 8.00. The van der Waals surface area contributed by atoms with Crippen molar-refractivity contribution in [1.82, 2.24) is 29.4 Å². The van der Waals surface area contributed by atoms with Gasteiger partial charge in [-0.15, -0.1) is 11.3 Å². The monoisotopic (exact) mass is 1680 g/mol. The summed E-state index contributed by atoms with van der Waals surface area (Å²) in [4.78, 5) is 86.5. The Hall–Kier alpha value is -8.21. The standard InChI is InChI=1S/C42H53ClN4O4.C40H49ClN4O3.C16H18N4S/c1-26(48)33-13-14-34-31-12-10-28-24-30(16-18-41(28,3)35(31)17-19-42(33,34)4)50-27(2)51-40(49)47-37-9-7-6-8-32(37)39(46-22-20-45(5)21-23-46)44-36-25-29(43)11-15-38(36)47;1-25(46)31-12-13-32-29-11-9-26-23-28(15-17-39(26,2)33(29)16-18-40(31,32)3)48-38(47)45-35-8-6-5-7-30(35)37(44-21-19-43(4)20-22-44)42-34-24-27(41)10-14-36(34)45;1-19-7-9-20(10-8-19)15-12-6-11-21-16(12)18-14-5-3-2-4-13(14)17-15/h6-11,15,25,27,30-31,33-35H,12-14,16-24H2,1-5H3;5-10,14,24,28-29,31-33H,11-13,15-23H2,1-4H3;2-6,11,18H,7-10H2,1H3. The number of amidine groups is 3. The van der Waals surface area contributed by atoms with Crippen molar-refractivity contribution < 1.29 is 33.4 Å². The molecule has 6 saturated carbocycles. The number of nitrogens with one attached hydrogen (secondary N) is 1. The van der Waals surface area contributed by atoms with E-state index >= 15 is 0 Å². The normalized spacial score (nSPS) is 31.3. The first-order valence-corrected chi connectivity index (χ1v) is 46.3. The van der Waals surface area contributed by atoms with Gasteiger partial charge < -0.3 is 48.9 Å². The van der Waals surface area contributed by atoms with Gasteiger partial charge in [-0.1, -0.05) is 111 Å². The Morgan fingerprint density at radius 3 is 1.42 bits per heavy atom. The number of ether oxygens (including phenoxy) is 3. The number of para-hydroxylation sites is 4. The molecule has 14 aliphatic rings. The first-order valence-electron chi connectivity index (χ1n) is 44.7. The number of likely N-dealkylation sites (N-methyl/N-ethyl adjacent to an activating group) is 3. The Morgan fingerprint density at radius 2 is 0.917 bits per heavy atom. The molecule has 2 amide bonds. The molecule has 20 rings (SSSR count). The highest BCUT2D eigenvalue weighted by atomic mass is 35.5. The highest BCUT2D eigenvalue weighted by molar-refractivity contribution is 7.14. The second-order valence-corrected chi connectivity index (χ2v) is 40.0. The second-order valence-electron chi connectivity index (χ2n) is 38.2. The van der Waals surface area contributed by atoms with E-state index in [0.717, 1.165) is 207 Å². The molecular weight excluding hydrogens is 1560 g/mol. The van der Waals surface area contributed by atoms with Crippen molar-refractivity contribution >= 4 is 126 Å². The van der Waals surface area contributed by atoms with Crippen molar-refractivity contribution in [3.05, 3.63) is 171 Å². The molecule has 3 saturated heterocycles. The molecule has 19 nitrogen and oxygen atoms in total. The van der Waals surface area contributed by atoms with Crippen LogP contribution in [-0.2, 0) is 23.8 Å². The Balaban J connectivity index is 0.000000133. The number of hydrogen-bond acceptors (Lipinski definition) is 18. The number of benzene rings is 5. The van der Waals surface area contributed by atoms with Gasteiger partial charge in [0, 0.05) is 118 Å². The van der Waals surface area contributed by atoms with E-state index in [1.54, 1.807) is 27.2 Å².